The summed E-state index contributed by atoms with van der Waals surface area (Å²) in [5.41, 5.74) is 0.514. The second kappa shape index (κ2) is 2.05. The number of aromatic amines is 2. The highest BCUT2D eigenvalue weighted by atomic mass is 19.1. The fourth-order valence-electron chi connectivity index (χ4n) is 0.590. The van der Waals surface area contributed by atoms with Crippen molar-refractivity contribution in [3.63, 3.8) is 0 Å². The molecule has 0 aliphatic rings. The van der Waals surface area contributed by atoms with Crippen molar-refractivity contribution >= 4 is 0 Å². The molecule has 0 spiro atoms. The number of nitrogens with one attached hydrogen (secondary N) is 2. The second-order valence-electron chi connectivity index (χ2n) is 1.82. The van der Waals surface area contributed by atoms with Crippen LogP contribution in [0.3, 0.4) is 0 Å². The van der Waals surface area contributed by atoms with Gasteiger partial charge in [0.15, 0.2) is 0 Å². The molecule has 4 heteroatoms. The Morgan fingerprint density at radius 1 is 1.56 bits per heavy atom. The molecule has 0 aliphatic heterocycles. The number of aromatic nitrogens is 2. The number of halogens is 1. The molecule has 1 rings (SSSR count). The first-order valence-corrected chi connectivity index (χ1v) is 2.57. The van der Waals surface area contributed by atoms with Crippen molar-refractivity contribution in [2.24, 2.45) is 0 Å². The molecule has 0 radical (unpaired) electrons. The maximum Gasteiger partial charge on any atom is 0.267 e. The number of hydrogen-bond acceptors (Lipinski definition) is 1. The largest absolute Gasteiger partial charge is 0.299 e. The van der Waals surface area contributed by atoms with Crippen molar-refractivity contribution in [2.45, 2.75) is 13.6 Å². The third kappa shape index (κ3) is 0.872. The van der Waals surface area contributed by atoms with E-state index in [1.54, 1.807) is 6.92 Å². The smallest absolute Gasteiger partial charge is 0.267 e. The van der Waals surface area contributed by atoms with Crippen LogP contribution in [0.15, 0.2) is 4.79 Å². The van der Waals surface area contributed by atoms with Gasteiger partial charge in [-0.1, -0.05) is 0 Å². The summed E-state index contributed by atoms with van der Waals surface area (Å²) in [5, 5.41) is 4.68. The van der Waals surface area contributed by atoms with E-state index in [4.69, 9.17) is 0 Å². The van der Waals surface area contributed by atoms with Crippen molar-refractivity contribution in [1.29, 1.82) is 0 Å². The predicted molar refractivity (Wildman–Crippen MR) is 31.0 cm³/mol. The number of hydrogen-bond donors (Lipinski definition) is 2. The zero-order valence-electron chi connectivity index (χ0n) is 4.99. The van der Waals surface area contributed by atoms with Crippen LogP contribution in [0.25, 0.3) is 0 Å². The molecule has 0 amide bonds. The van der Waals surface area contributed by atoms with Crippen LogP contribution in [-0.4, -0.2) is 10.2 Å². The van der Waals surface area contributed by atoms with Gasteiger partial charge in [-0.3, -0.25) is 15.0 Å². The molecule has 0 fully saturated rings. The normalized spacial score (nSPS) is 10.0. The highest BCUT2D eigenvalue weighted by Crippen LogP contribution is 1.97. The van der Waals surface area contributed by atoms with Gasteiger partial charge >= 0.3 is 0 Å². The average molecular weight is 130 g/mol. The van der Waals surface area contributed by atoms with E-state index in [0.29, 0.717) is 11.3 Å². The second-order valence-corrected chi connectivity index (χ2v) is 1.82. The lowest BCUT2D eigenvalue weighted by atomic mass is 10.3. The number of H-pyrrole nitrogens is 2. The van der Waals surface area contributed by atoms with E-state index in [2.05, 4.69) is 10.2 Å². The molecule has 50 valence electrons. The fraction of sp³-hybridized carbons (Fsp3) is 0.400. The lowest BCUT2D eigenvalue weighted by molar-refractivity contribution is 0.474. The molecule has 9 heavy (non-hydrogen) atoms. The molecule has 3 nitrogen and oxygen atoms in total. The quantitative estimate of drug-likeness (QED) is 0.570. The van der Waals surface area contributed by atoms with Gasteiger partial charge < -0.3 is 0 Å². The van der Waals surface area contributed by atoms with Crippen LogP contribution in [0.5, 0.6) is 0 Å². The van der Waals surface area contributed by atoms with Gasteiger partial charge in [0, 0.05) is 5.56 Å². The highest BCUT2D eigenvalue weighted by Gasteiger charge is 2.01. The van der Waals surface area contributed by atoms with E-state index >= 15 is 0 Å². The Morgan fingerprint density at radius 2 is 2.22 bits per heavy atom. The molecular formula is C5H7FN2O. The van der Waals surface area contributed by atoms with E-state index in [9.17, 15) is 9.18 Å². The van der Waals surface area contributed by atoms with E-state index in [1.807, 2.05) is 0 Å². The minimum absolute atomic E-state index is 0.248. The highest BCUT2D eigenvalue weighted by molar-refractivity contribution is 5.12. The molecular weight excluding hydrogens is 123 g/mol. The van der Waals surface area contributed by atoms with Crippen molar-refractivity contribution < 1.29 is 4.39 Å². The summed E-state index contributed by atoms with van der Waals surface area (Å²) in [5.74, 6) is 0. The van der Waals surface area contributed by atoms with Crippen molar-refractivity contribution in [1.82, 2.24) is 10.2 Å². The summed E-state index contributed by atoms with van der Waals surface area (Å²) >= 11 is 0. The van der Waals surface area contributed by atoms with E-state index in [1.165, 1.54) is 0 Å². The molecule has 0 unspecified atom stereocenters. The molecule has 0 saturated heterocycles. The summed E-state index contributed by atoms with van der Waals surface area (Å²) in [6, 6.07) is 0. The average Bonchev–Trinajstić information content (AvgIpc) is 2.15. The SMILES string of the molecule is Cc1c(CF)[nH][nH]c1=O. The summed E-state index contributed by atoms with van der Waals surface area (Å²) in [4.78, 5) is 10.5. The molecule has 1 aromatic rings. The lowest BCUT2D eigenvalue weighted by Gasteiger charge is -1.83. The van der Waals surface area contributed by atoms with Crippen LogP contribution in [0.1, 0.15) is 11.3 Å². The van der Waals surface area contributed by atoms with Gasteiger partial charge in [0.25, 0.3) is 5.56 Å². The zero-order valence-corrected chi connectivity index (χ0v) is 4.99. The summed E-state index contributed by atoms with van der Waals surface area (Å²) < 4.78 is 11.8. The van der Waals surface area contributed by atoms with Gasteiger partial charge in [0.2, 0.25) is 0 Å². The van der Waals surface area contributed by atoms with Crippen molar-refractivity contribution in [3.05, 3.63) is 21.6 Å². The van der Waals surface area contributed by atoms with Crippen LogP contribution < -0.4 is 5.56 Å². The van der Waals surface area contributed by atoms with E-state index in [0.717, 1.165) is 0 Å². The Kier molecular flexibility index (Phi) is 1.38. The Balaban J connectivity index is 3.20. The van der Waals surface area contributed by atoms with Gasteiger partial charge in [-0.25, -0.2) is 4.39 Å². The van der Waals surface area contributed by atoms with Crippen molar-refractivity contribution in [2.75, 3.05) is 0 Å². The topological polar surface area (TPSA) is 48.6 Å². The van der Waals surface area contributed by atoms with Crippen LogP contribution in [0, 0.1) is 6.92 Å². The maximum absolute atomic E-state index is 11.8. The number of alkyl halides is 1. The molecule has 0 saturated carbocycles. The lowest BCUT2D eigenvalue weighted by Crippen LogP contribution is -2.00. The van der Waals surface area contributed by atoms with Gasteiger partial charge in [-0.2, -0.15) is 0 Å². The third-order valence-corrected chi connectivity index (χ3v) is 1.25. The van der Waals surface area contributed by atoms with E-state index in [-0.39, 0.29) is 5.56 Å². The monoisotopic (exact) mass is 130 g/mol. The number of rotatable bonds is 1. The molecule has 2 N–H and O–H groups in total. The molecule has 1 heterocycles. The first-order valence-electron chi connectivity index (χ1n) is 2.57. The van der Waals surface area contributed by atoms with Gasteiger partial charge in [-0.05, 0) is 6.92 Å². The summed E-state index contributed by atoms with van der Waals surface area (Å²) in [7, 11) is 0. The third-order valence-electron chi connectivity index (χ3n) is 1.25. The molecule has 0 atom stereocenters. The van der Waals surface area contributed by atoms with Crippen LogP contribution in [0.2, 0.25) is 0 Å². The first-order chi connectivity index (χ1) is 4.25. The molecule has 0 aliphatic carbocycles. The first kappa shape index (κ1) is 6.07. The Hall–Kier alpha value is -1.06. The zero-order chi connectivity index (χ0) is 6.85. The van der Waals surface area contributed by atoms with Crippen molar-refractivity contribution in [3.8, 4) is 0 Å². The van der Waals surface area contributed by atoms with Gasteiger partial charge in [0.05, 0.1) is 5.69 Å². The van der Waals surface area contributed by atoms with Crippen LogP contribution in [0.4, 0.5) is 4.39 Å². The minimum atomic E-state index is -0.620. The minimum Gasteiger partial charge on any atom is -0.299 e. The molecule has 0 aromatic carbocycles. The standard InChI is InChI=1S/C5H7FN2O/c1-3-4(2-6)7-8-5(3)9/h2H2,1H3,(H2,7,8,9). The summed E-state index contributed by atoms with van der Waals surface area (Å²) in [6.45, 7) is 0.953. The Labute approximate surface area is 50.9 Å². The molecule has 0 bridgehead atoms. The Bertz CT molecular complexity index is 250. The van der Waals surface area contributed by atoms with Gasteiger partial charge in [-0.15, -0.1) is 0 Å². The predicted octanol–water partition coefficient (Wildman–Crippen LogP) is 0.481. The maximum atomic E-state index is 11.8. The molecule has 1 aromatic heterocycles. The summed E-state index contributed by atoms with van der Waals surface area (Å²) in [6.07, 6.45) is 0. The fourth-order valence-corrected chi connectivity index (χ4v) is 0.590. The van der Waals surface area contributed by atoms with Crippen LogP contribution in [-0.2, 0) is 6.67 Å². The van der Waals surface area contributed by atoms with Gasteiger partial charge in [0.1, 0.15) is 6.67 Å². The van der Waals surface area contributed by atoms with Crippen LogP contribution >= 0.6 is 0 Å². The Morgan fingerprint density at radius 3 is 2.44 bits per heavy atom. The van der Waals surface area contributed by atoms with E-state index < -0.39 is 6.67 Å².